The van der Waals surface area contributed by atoms with Crippen molar-refractivity contribution in [1.82, 2.24) is 9.80 Å². The molecule has 1 saturated carbocycles. The quantitative estimate of drug-likeness (QED) is 0.793. The Hall–Kier alpha value is -3.35. The standard InChI is InChI=1S/C23H25N3O4/c24-21(27)19-6-1-2-7-20(19)30-15-16-4-3-5-18(14-16)23(29)26-12-10-25(11-13-26)22(28)17-8-9-17/h1-7,14,17H,8-13,15H2,(H2,24,27). The number of amides is 3. The van der Waals surface area contributed by atoms with E-state index in [1.54, 1.807) is 41.3 Å². The summed E-state index contributed by atoms with van der Waals surface area (Å²) in [4.78, 5) is 40.3. The third kappa shape index (κ3) is 4.45. The van der Waals surface area contributed by atoms with Crippen molar-refractivity contribution in [3.8, 4) is 5.75 Å². The van der Waals surface area contributed by atoms with Crippen LogP contribution in [0.25, 0.3) is 0 Å². The van der Waals surface area contributed by atoms with Crippen molar-refractivity contribution in [2.24, 2.45) is 11.7 Å². The second-order valence-electron chi connectivity index (χ2n) is 7.74. The molecule has 30 heavy (non-hydrogen) atoms. The van der Waals surface area contributed by atoms with E-state index in [2.05, 4.69) is 0 Å². The van der Waals surface area contributed by atoms with Crippen LogP contribution in [-0.2, 0) is 11.4 Å². The topological polar surface area (TPSA) is 92.9 Å². The number of ether oxygens (including phenoxy) is 1. The number of nitrogens with two attached hydrogens (primary N) is 1. The summed E-state index contributed by atoms with van der Waals surface area (Å²) in [6, 6.07) is 14.1. The van der Waals surface area contributed by atoms with Crippen molar-refractivity contribution in [2.75, 3.05) is 26.2 Å². The first-order valence-electron chi connectivity index (χ1n) is 10.2. The van der Waals surface area contributed by atoms with Crippen molar-refractivity contribution in [2.45, 2.75) is 19.4 Å². The third-order valence-corrected chi connectivity index (χ3v) is 5.53. The molecule has 1 saturated heterocycles. The number of benzene rings is 2. The maximum Gasteiger partial charge on any atom is 0.253 e. The average Bonchev–Trinajstić information content (AvgIpc) is 3.62. The largest absolute Gasteiger partial charge is 0.488 e. The van der Waals surface area contributed by atoms with Gasteiger partial charge in [0.2, 0.25) is 5.91 Å². The van der Waals surface area contributed by atoms with E-state index in [-0.39, 0.29) is 24.3 Å². The Morgan fingerprint density at radius 1 is 0.933 bits per heavy atom. The first-order valence-corrected chi connectivity index (χ1v) is 10.2. The lowest BCUT2D eigenvalue weighted by molar-refractivity contribution is -0.134. The average molecular weight is 407 g/mol. The summed E-state index contributed by atoms with van der Waals surface area (Å²) < 4.78 is 5.76. The van der Waals surface area contributed by atoms with E-state index in [0.29, 0.717) is 43.1 Å². The van der Waals surface area contributed by atoms with Gasteiger partial charge in [0.1, 0.15) is 12.4 Å². The smallest absolute Gasteiger partial charge is 0.253 e. The van der Waals surface area contributed by atoms with Crippen LogP contribution in [0.5, 0.6) is 5.75 Å². The molecule has 0 atom stereocenters. The summed E-state index contributed by atoms with van der Waals surface area (Å²) in [6.45, 7) is 2.49. The normalized spacial score (nSPS) is 16.3. The van der Waals surface area contributed by atoms with E-state index in [9.17, 15) is 14.4 Å². The first kappa shape index (κ1) is 19.9. The highest BCUT2D eigenvalue weighted by molar-refractivity contribution is 5.95. The van der Waals surface area contributed by atoms with Gasteiger partial charge in [-0.05, 0) is 42.7 Å². The van der Waals surface area contributed by atoms with Gasteiger partial charge >= 0.3 is 0 Å². The van der Waals surface area contributed by atoms with E-state index in [0.717, 1.165) is 18.4 Å². The Kier molecular flexibility index (Phi) is 5.70. The molecule has 156 valence electrons. The van der Waals surface area contributed by atoms with Gasteiger partial charge in [0.15, 0.2) is 0 Å². The summed E-state index contributed by atoms with van der Waals surface area (Å²) in [5.74, 6) is 0.265. The van der Waals surface area contributed by atoms with E-state index in [1.807, 2.05) is 17.0 Å². The van der Waals surface area contributed by atoms with Crippen LogP contribution in [0.2, 0.25) is 0 Å². The summed E-state index contributed by atoms with van der Waals surface area (Å²) in [5.41, 5.74) is 7.11. The minimum atomic E-state index is -0.547. The Balaban J connectivity index is 1.37. The predicted octanol–water partition coefficient (Wildman–Crippen LogP) is 2.06. The zero-order valence-corrected chi connectivity index (χ0v) is 16.8. The van der Waals surface area contributed by atoms with Crippen LogP contribution in [-0.4, -0.2) is 53.7 Å². The molecule has 2 N–H and O–H groups in total. The maximum atomic E-state index is 12.9. The number of carbonyl (C=O) groups excluding carboxylic acids is 3. The molecule has 0 bridgehead atoms. The zero-order chi connectivity index (χ0) is 21.1. The summed E-state index contributed by atoms with van der Waals surface area (Å²) >= 11 is 0. The van der Waals surface area contributed by atoms with Crippen molar-refractivity contribution < 1.29 is 19.1 Å². The van der Waals surface area contributed by atoms with Gasteiger partial charge in [0, 0.05) is 37.7 Å². The fourth-order valence-electron chi connectivity index (χ4n) is 3.65. The van der Waals surface area contributed by atoms with Gasteiger partial charge in [-0.1, -0.05) is 24.3 Å². The summed E-state index contributed by atoms with van der Waals surface area (Å²) in [6.07, 6.45) is 1.99. The molecular weight excluding hydrogens is 382 g/mol. The minimum absolute atomic E-state index is 0.0482. The third-order valence-electron chi connectivity index (χ3n) is 5.53. The number of primary amides is 1. The lowest BCUT2D eigenvalue weighted by Gasteiger charge is -2.35. The Morgan fingerprint density at radius 2 is 1.63 bits per heavy atom. The molecule has 4 rings (SSSR count). The van der Waals surface area contributed by atoms with Crippen LogP contribution < -0.4 is 10.5 Å². The highest BCUT2D eigenvalue weighted by Crippen LogP contribution is 2.31. The van der Waals surface area contributed by atoms with E-state index >= 15 is 0 Å². The van der Waals surface area contributed by atoms with Gasteiger partial charge in [-0.2, -0.15) is 0 Å². The van der Waals surface area contributed by atoms with Crippen LogP contribution in [0.3, 0.4) is 0 Å². The van der Waals surface area contributed by atoms with Crippen molar-refractivity contribution in [1.29, 1.82) is 0 Å². The molecule has 2 fully saturated rings. The van der Waals surface area contributed by atoms with E-state index in [4.69, 9.17) is 10.5 Å². The van der Waals surface area contributed by atoms with Crippen LogP contribution in [0.1, 0.15) is 39.1 Å². The maximum absolute atomic E-state index is 12.9. The highest BCUT2D eigenvalue weighted by atomic mass is 16.5. The number of hydrogen-bond acceptors (Lipinski definition) is 4. The Labute approximate surface area is 175 Å². The molecule has 2 aromatic rings. The molecule has 7 nitrogen and oxygen atoms in total. The molecule has 0 aromatic heterocycles. The van der Waals surface area contributed by atoms with Crippen molar-refractivity contribution >= 4 is 17.7 Å². The summed E-state index contributed by atoms with van der Waals surface area (Å²) in [7, 11) is 0. The van der Waals surface area contributed by atoms with Crippen LogP contribution in [0.4, 0.5) is 0 Å². The van der Waals surface area contributed by atoms with Crippen molar-refractivity contribution in [3.05, 3.63) is 65.2 Å². The second-order valence-corrected chi connectivity index (χ2v) is 7.74. The molecule has 1 aliphatic heterocycles. The molecule has 0 radical (unpaired) electrons. The highest BCUT2D eigenvalue weighted by Gasteiger charge is 2.35. The monoisotopic (exact) mass is 407 g/mol. The lowest BCUT2D eigenvalue weighted by atomic mass is 10.1. The van der Waals surface area contributed by atoms with Gasteiger partial charge in [-0.3, -0.25) is 14.4 Å². The molecule has 2 aromatic carbocycles. The molecule has 1 heterocycles. The molecule has 0 spiro atoms. The van der Waals surface area contributed by atoms with E-state index in [1.165, 1.54) is 0 Å². The van der Waals surface area contributed by atoms with Crippen LogP contribution in [0.15, 0.2) is 48.5 Å². The van der Waals surface area contributed by atoms with Crippen LogP contribution >= 0.6 is 0 Å². The number of nitrogens with zero attached hydrogens (tertiary/aromatic N) is 2. The van der Waals surface area contributed by atoms with E-state index < -0.39 is 5.91 Å². The van der Waals surface area contributed by atoms with Crippen LogP contribution in [0, 0.1) is 5.92 Å². The molecular formula is C23H25N3O4. The van der Waals surface area contributed by atoms with Gasteiger partial charge in [0.25, 0.3) is 11.8 Å². The fraction of sp³-hybridized carbons (Fsp3) is 0.348. The molecule has 3 amide bonds. The SMILES string of the molecule is NC(=O)c1ccccc1OCc1cccc(C(=O)N2CCN(C(=O)C3CC3)CC2)c1. The second kappa shape index (κ2) is 8.57. The molecule has 0 unspecified atom stereocenters. The molecule has 2 aliphatic rings. The number of hydrogen-bond donors (Lipinski definition) is 1. The van der Waals surface area contributed by atoms with Gasteiger partial charge in [-0.15, -0.1) is 0 Å². The molecule has 1 aliphatic carbocycles. The minimum Gasteiger partial charge on any atom is -0.488 e. The number of para-hydroxylation sites is 1. The zero-order valence-electron chi connectivity index (χ0n) is 16.8. The predicted molar refractivity (Wildman–Crippen MR) is 111 cm³/mol. The number of carbonyl (C=O) groups is 3. The fourth-order valence-corrected chi connectivity index (χ4v) is 3.65. The van der Waals surface area contributed by atoms with Gasteiger partial charge in [0.05, 0.1) is 5.56 Å². The summed E-state index contributed by atoms with van der Waals surface area (Å²) in [5, 5.41) is 0. The number of rotatable bonds is 6. The van der Waals surface area contributed by atoms with Gasteiger partial charge < -0.3 is 20.3 Å². The van der Waals surface area contributed by atoms with Gasteiger partial charge in [-0.25, -0.2) is 0 Å². The van der Waals surface area contributed by atoms with Crippen molar-refractivity contribution in [3.63, 3.8) is 0 Å². The first-order chi connectivity index (χ1) is 14.5. The number of piperazine rings is 1. The Bertz CT molecular complexity index is 962. The molecule has 7 heteroatoms. The lowest BCUT2D eigenvalue weighted by Crippen LogP contribution is -2.51. The Morgan fingerprint density at radius 3 is 2.33 bits per heavy atom.